The molecule has 1 aliphatic rings. The quantitative estimate of drug-likeness (QED) is 0.0940. The predicted octanol–water partition coefficient (Wildman–Crippen LogP) is 4.02. The third-order valence-corrected chi connectivity index (χ3v) is 10.2. The van der Waals surface area contributed by atoms with E-state index in [0.717, 1.165) is 10.4 Å². The number of fused-ring (bicyclic) bond motifs is 2. The van der Waals surface area contributed by atoms with Crippen LogP contribution in [0.4, 0.5) is 17.1 Å². The van der Waals surface area contributed by atoms with Gasteiger partial charge in [0.1, 0.15) is 11.2 Å². The zero-order valence-corrected chi connectivity index (χ0v) is 27.2. The van der Waals surface area contributed by atoms with Gasteiger partial charge < -0.3 is 23.5 Å². The maximum Gasteiger partial charge on any atom is 0.294 e. The van der Waals surface area contributed by atoms with Crippen LogP contribution in [0.2, 0.25) is 0 Å². The number of nitro groups is 1. The van der Waals surface area contributed by atoms with Gasteiger partial charge in [-0.05, 0) is 57.5 Å². The van der Waals surface area contributed by atoms with Gasteiger partial charge in [0.2, 0.25) is 21.8 Å². The summed E-state index contributed by atoms with van der Waals surface area (Å²) in [7, 11) is -2.78. The molecule has 248 valence electrons. The molecule has 0 unspecified atom stereocenters. The van der Waals surface area contributed by atoms with Crippen molar-refractivity contribution in [2.24, 2.45) is 5.41 Å². The number of carbonyl (C=O) groups is 2. The van der Waals surface area contributed by atoms with Gasteiger partial charge >= 0.3 is 0 Å². The number of aromatic nitrogens is 1. The van der Waals surface area contributed by atoms with Gasteiger partial charge in [0.15, 0.2) is 10.5 Å². The molecule has 0 aliphatic carbocycles. The van der Waals surface area contributed by atoms with Gasteiger partial charge in [-0.1, -0.05) is 12.1 Å². The number of rotatable bonds is 12. The van der Waals surface area contributed by atoms with Crippen LogP contribution < -0.4 is 20.1 Å². The molecule has 0 atom stereocenters. The molecule has 14 nitrogen and oxygen atoms in total. The van der Waals surface area contributed by atoms with E-state index in [-0.39, 0.29) is 50.1 Å². The molecule has 2 aromatic heterocycles. The summed E-state index contributed by atoms with van der Waals surface area (Å²) in [4.78, 5) is 52.7. The number of sulfonamides is 1. The van der Waals surface area contributed by atoms with Crippen molar-refractivity contribution in [2.45, 2.75) is 38.6 Å². The Hall–Kier alpha value is -5.02. The molecule has 4 aromatic rings. The number of nitrogens with zero attached hydrogens (tertiary/aromatic N) is 5. The van der Waals surface area contributed by atoms with Crippen molar-refractivity contribution >= 4 is 49.9 Å². The molecule has 0 fully saturated rings. The highest BCUT2D eigenvalue weighted by molar-refractivity contribution is 7.89. The van der Waals surface area contributed by atoms with Gasteiger partial charge in [-0.15, -0.1) is 0 Å². The molecular formula is C32H35N5O9S. The van der Waals surface area contributed by atoms with Crippen molar-refractivity contribution in [1.82, 2.24) is 8.87 Å². The molecule has 0 bridgehead atoms. The van der Waals surface area contributed by atoms with Gasteiger partial charge in [0, 0.05) is 56.9 Å². The maximum atomic E-state index is 13.8. The van der Waals surface area contributed by atoms with Crippen molar-refractivity contribution < 1.29 is 32.1 Å². The fraction of sp³-hybridized carbons (Fsp3) is 0.344. The molecule has 3 heterocycles. The number of benzene rings is 2. The Morgan fingerprint density at radius 3 is 2.47 bits per heavy atom. The average molecular weight is 666 g/mol. The van der Waals surface area contributed by atoms with Gasteiger partial charge in [-0.2, -0.15) is 4.31 Å². The molecule has 0 N–H and O–H groups in total. The van der Waals surface area contributed by atoms with Gasteiger partial charge in [0.05, 0.1) is 29.2 Å². The van der Waals surface area contributed by atoms with Crippen molar-refractivity contribution in [3.05, 3.63) is 87.5 Å². The van der Waals surface area contributed by atoms with Crippen LogP contribution in [0, 0.1) is 15.5 Å². The van der Waals surface area contributed by atoms with E-state index in [1.54, 1.807) is 56.1 Å². The minimum absolute atomic E-state index is 0.0373. The topological polar surface area (TPSA) is 166 Å². The number of anilines is 2. The molecule has 2 aromatic carbocycles. The van der Waals surface area contributed by atoms with E-state index in [1.165, 1.54) is 40.1 Å². The third-order valence-electron chi connectivity index (χ3n) is 8.21. The number of pyridine rings is 1. The number of furan rings is 1. The minimum Gasteiger partial charge on any atom is -0.493 e. The summed E-state index contributed by atoms with van der Waals surface area (Å²) in [6.07, 6.45) is 3.11. The van der Waals surface area contributed by atoms with Crippen LogP contribution in [0.5, 0.6) is 5.75 Å². The first kappa shape index (κ1) is 33.3. The second-order valence-corrected chi connectivity index (χ2v) is 13.4. The Balaban J connectivity index is 1.36. The molecule has 47 heavy (non-hydrogen) atoms. The first-order chi connectivity index (χ1) is 22.3. The summed E-state index contributed by atoms with van der Waals surface area (Å²) in [6.45, 7) is 5.15. The Morgan fingerprint density at radius 1 is 1.00 bits per heavy atom. The lowest BCUT2D eigenvalue weighted by atomic mass is 9.90. The lowest BCUT2D eigenvalue weighted by molar-refractivity contribution is -0.387. The summed E-state index contributed by atoms with van der Waals surface area (Å²) in [6, 6.07) is 13.4. The first-order valence-electron chi connectivity index (χ1n) is 15.0. The predicted molar refractivity (Wildman–Crippen MR) is 174 cm³/mol. The van der Waals surface area contributed by atoms with E-state index < -0.39 is 36.5 Å². The lowest BCUT2D eigenvalue weighted by Gasteiger charge is -2.27. The van der Waals surface area contributed by atoms with E-state index in [9.17, 15) is 32.9 Å². The molecule has 2 amide bonds. The number of amides is 2. The highest BCUT2D eigenvalue weighted by Gasteiger charge is 2.45. The summed E-state index contributed by atoms with van der Waals surface area (Å²) < 4.78 is 41.3. The number of ether oxygens (including phenoxy) is 1. The van der Waals surface area contributed by atoms with Crippen LogP contribution >= 0.6 is 0 Å². The molecule has 0 saturated heterocycles. The van der Waals surface area contributed by atoms with Crippen LogP contribution in [0.3, 0.4) is 0 Å². The van der Waals surface area contributed by atoms with Gasteiger partial charge in [-0.25, -0.2) is 8.42 Å². The van der Waals surface area contributed by atoms with Crippen LogP contribution in [0.1, 0.15) is 27.2 Å². The Morgan fingerprint density at radius 2 is 1.74 bits per heavy atom. The molecule has 15 heteroatoms. The van der Waals surface area contributed by atoms with Crippen LogP contribution in [0.25, 0.3) is 11.0 Å². The number of hydrogen-bond acceptors (Lipinski definition) is 9. The molecular weight excluding hydrogens is 630 g/mol. The largest absolute Gasteiger partial charge is 0.493 e. The van der Waals surface area contributed by atoms with Crippen molar-refractivity contribution in [2.75, 3.05) is 43.1 Å². The van der Waals surface area contributed by atoms with E-state index in [2.05, 4.69) is 0 Å². The molecule has 0 spiro atoms. The first-order valence-corrected chi connectivity index (χ1v) is 16.4. The van der Waals surface area contributed by atoms with E-state index in [1.807, 2.05) is 6.92 Å². The highest BCUT2D eigenvalue weighted by atomic mass is 32.2. The highest BCUT2D eigenvalue weighted by Crippen LogP contribution is 2.40. The van der Waals surface area contributed by atoms with Gasteiger partial charge in [0.25, 0.3) is 11.2 Å². The Kier molecular flexibility index (Phi) is 9.22. The summed E-state index contributed by atoms with van der Waals surface area (Å²) >= 11 is 0. The summed E-state index contributed by atoms with van der Waals surface area (Å²) in [5.41, 5.74) is -1.06. The lowest BCUT2D eigenvalue weighted by Crippen LogP contribution is -2.47. The smallest absolute Gasteiger partial charge is 0.294 e. The van der Waals surface area contributed by atoms with Crippen LogP contribution in [-0.4, -0.2) is 67.3 Å². The average Bonchev–Trinajstić information content (AvgIpc) is 3.53. The second kappa shape index (κ2) is 13.0. The summed E-state index contributed by atoms with van der Waals surface area (Å²) in [5.74, 6) is -0.272. The second-order valence-electron chi connectivity index (χ2n) is 11.5. The summed E-state index contributed by atoms with van der Waals surface area (Å²) in [5, 5.41) is 12.3. The Labute approximate surface area is 270 Å². The standard InChI is InChI=1S/C32H35N5O9S/c1-5-36-24-12-11-23(21-26(24)33(4)30(39)32(2,3)31(36)40)45-19-8-15-35(47(43,44)27-10-7-6-9-25(27)37(41)42)18-17-34-16-13-22-14-20-46-28(22)29(34)38/h6-7,9-14,16,20-21H,5,8,15,17-19H2,1-4H3. The zero-order valence-electron chi connectivity index (χ0n) is 26.4. The number of para-hydroxylation sites is 1. The SMILES string of the molecule is CCN1C(=O)C(C)(C)C(=O)N(C)c2cc(OCCCN(CCn3ccc4ccoc4c3=O)S(=O)(=O)c3ccccc3[N+](=O)[O-])ccc21. The van der Waals surface area contributed by atoms with E-state index in [0.29, 0.717) is 29.1 Å². The Bertz CT molecular complexity index is 2020. The molecule has 5 rings (SSSR count). The molecule has 0 saturated carbocycles. The minimum atomic E-state index is -4.38. The number of carbonyl (C=O) groups excluding carboxylic acids is 2. The van der Waals surface area contributed by atoms with Crippen molar-refractivity contribution in [1.29, 1.82) is 0 Å². The van der Waals surface area contributed by atoms with Crippen molar-refractivity contribution in [3.63, 3.8) is 0 Å². The molecule has 0 radical (unpaired) electrons. The van der Waals surface area contributed by atoms with E-state index in [4.69, 9.17) is 9.15 Å². The normalized spacial score (nSPS) is 14.8. The number of nitro benzene ring substituents is 1. The molecule has 1 aliphatic heterocycles. The van der Waals surface area contributed by atoms with Crippen LogP contribution in [-0.2, 0) is 26.2 Å². The fourth-order valence-electron chi connectivity index (χ4n) is 5.61. The monoisotopic (exact) mass is 665 g/mol. The van der Waals surface area contributed by atoms with Crippen LogP contribution in [0.15, 0.2) is 81.2 Å². The third kappa shape index (κ3) is 6.23. The zero-order chi connectivity index (χ0) is 34.1. The number of hydrogen-bond donors (Lipinski definition) is 0. The van der Waals surface area contributed by atoms with Crippen molar-refractivity contribution in [3.8, 4) is 5.75 Å². The fourth-order valence-corrected chi connectivity index (χ4v) is 7.23. The van der Waals surface area contributed by atoms with E-state index >= 15 is 0 Å². The van der Waals surface area contributed by atoms with Gasteiger partial charge in [-0.3, -0.25) is 24.5 Å². The maximum absolute atomic E-state index is 13.8.